The number of nitrogens with two attached hydrogens (primary N) is 1. The number of nitrogen functional groups attached to an aromatic ring is 1. The van der Waals surface area contributed by atoms with E-state index in [1.807, 2.05) is 0 Å². The molecule has 14 nitrogen and oxygen atoms in total. The number of ether oxygens (including phenoxy) is 2. The third-order valence-corrected chi connectivity index (χ3v) is 7.63. The molecule has 0 amide bonds. The van der Waals surface area contributed by atoms with Gasteiger partial charge in [0.2, 0.25) is 5.60 Å². The van der Waals surface area contributed by atoms with Crippen molar-refractivity contribution >= 4 is 25.1 Å². The van der Waals surface area contributed by atoms with Gasteiger partial charge in [0.1, 0.15) is 55.0 Å². The van der Waals surface area contributed by atoms with Gasteiger partial charge in [0.05, 0.1) is 5.69 Å². The molecule has 2 aliphatic rings. The minimum absolute atomic E-state index is 0.169. The standard InChI is InChI=1S/C21H29N6O8P/c1-12(20(30)34-13-5-3-2-4-6-13)26-36(31,32)33-10-21(9-22)18(29)16(28)17(35-21)14-7-8-15-19(23)24-11-25-27(14)15/h7-8,11-13,16-18,28-29H,2-6,10H2,1H3,(H2,23,24,25)(H2,26,31,32)/t12-,16-,17-,18-,21+/m0/s1. The van der Waals surface area contributed by atoms with E-state index in [2.05, 4.69) is 15.2 Å². The highest BCUT2D eigenvalue weighted by Crippen LogP contribution is 2.45. The predicted molar refractivity (Wildman–Crippen MR) is 123 cm³/mol. The molecule has 0 bridgehead atoms. The topological polar surface area (TPSA) is 215 Å². The Hall–Kier alpha value is -2.63. The Kier molecular flexibility index (Phi) is 7.63. The summed E-state index contributed by atoms with van der Waals surface area (Å²) in [7, 11) is -4.65. The van der Waals surface area contributed by atoms with Crippen molar-refractivity contribution in [1.29, 1.82) is 5.26 Å². The van der Waals surface area contributed by atoms with Crippen LogP contribution in [0.4, 0.5) is 5.82 Å². The van der Waals surface area contributed by atoms with Crippen molar-refractivity contribution in [1.82, 2.24) is 19.7 Å². The van der Waals surface area contributed by atoms with Crippen LogP contribution in [-0.2, 0) is 23.4 Å². The van der Waals surface area contributed by atoms with E-state index >= 15 is 0 Å². The number of aliphatic hydroxyl groups is 2. The van der Waals surface area contributed by atoms with Gasteiger partial charge in [-0.25, -0.2) is 19.2 Å². The fourth-order valence-electron chi connectivity index (χ4n) is 4.44. The Morgan fingerprint density at radius 2 is 2.14 bits per heavy atom. The zero-order valence-corrected chi connectivity index (χ0v) is 20.5. The molecular weight excluding hydrogens is 495 g/mol. The molecule has 0 aromatic carbocycles. The molecule has 6 atom stereocenters. The van der Waals surface area contributed by atoms with Crippen LogP contribution in [0.3, 0.4) is 0 Å². The number of rotatable bonds is 8. The van der Waals surface area contributed by atoms with E-state index in [-0.39, 0.29) is 17.6 Å². The average Bonchev–Trinajstić information content (AvgIpc) is 3.39. The normalized spacial score (nSPS) is 29.5. The molecular formula is C21H29N6O8P. The molecule has 0 radical (unpaired) electrons. The van der Waals surface area contributed by atoms with E-state index in [1.165, 1.54) is 23.8 Å². The predicted octanol–water partition coefficient (Wildman–Crippen LogP) is 0.338. The number of esters is 1. The van der Waals surface area contributed by atoms with Gasteiger partial charge >= 0.3 is 13.7 Å². The van der Waals surface area contributed by atoms with E-state index in [9.17, 15) is 29.7 Å². The molecule has 1 saturated carbocycles. The third-order valence-electron chi connectivity index (χ3n) is 6.44. The Labute approximate surface area is 206 Å². The molecule has 1 saturated heterocycles. The minimum atomic E-state index is -4.65. The fourth-order valence-corrected chi connectivity index (χ4v) is 5.48. The number of fused-ring (bicyclic) bond motifs is 1. The maximum Gasteiger partial charge on any atom is 0.403 e. The number of carbonyl (C=O) groups excluding carboxylic acids is 1. The van der Waals surface area contributed by atoms with Crippen molar-refractivity contribution in [2.24, 2.45) is 0 Å². The lowest BCUT2D eigenvalue weighted by Crippen LogP contribution is -2.46. The van der Waals surface area contributed by atoms with Crippen LogP contribution < -0.4 is 10.8 Å². The maximum absolute atomic E-state index is 12.6. The Morgan fingerprint density at radius 3 is 2.83 bits per heavy atom. The molecule has 0 spiro atoms. The number of anilines is 1. The second-order valence-corrected chi connectivity index (χ2v) is 10.6. The Bertz CT molecular complexity index is 1200. The van der Waals surface area contributed by atoms with Crippen LogP contribution in [-0.4, -0.2) is 72.2 Å². The zero-order valence-electron chi connectivity index (χ0n) is 19.6. The van der Waals surface area contributed by atoms with Crippen LogP contribution in [0.2, 0.25) is 0 Å². The number of nitrogens with zero attached hydrogens (tertiary/aromatic N) is 4. The quantitative estimate of drug-likeness (QED) is 0.233. The molecule has 2 fully saturated rings. The summed E-state index contributed by atoms with van der Waals surface area (Å²) in [5.41, 5.74) is 4.32. The molecule has 1 aliphatic carbocycles. The zero-order chi connectivity index (χ0) is 26.1. The SMILES string of the molecule is C[C@H](NP(=O)(O)OC[C@@]1(C#N)O[C@@H](c2ccc3c(N)ncnn23)[C@H](O)[C@@H]1O)C(=O)OC1CCCCC1. The molecule has 1 aliphatic heterocycles. The van der Waals surface area contributed by atoms with Crippen LogP contribution in [0.1, 0.15) is 50.8 Å². The van der Waals surface area contributed by atoms with Crippen LogP contribution in [0.15, 0.2) is 18.5 Å². The second kappa shape index (κ2) is 10.4. The largest absolute Gasteiger partial charge is 0.461 e. The minimum Gasteiger partial charge on any atom is -0.461 e. The van der Waals surface area contributed by atoms with Gasteiger partial charge < -0.3 is 30.3 Å². The third kappa shape index (κ3) is 5.23. The first-order valence-electron chi connectivity index (χ1n) is 11.6. The summed E-state index contributed by atoms with van der Waals surface area (Å²) in [6, 6.07) is 3.68. The lowest BCUT2D eigenvalue weighted by atomic mass is 9.96. The summed E-state index contributed by atoms with van der Waals surface area (Å²) in [5.74, 6) is -0.536. The number of nitriles is 1. The smallest absolute Gasteiger partial charge is 0.403 e. The summed E-state index contributed by atoms with van der Waals surface area (Å²) in [5, 5.41) is 37.3. The summed E-state index contributed by atoms with van der Waals surface area (Å²) < 4.78 is 30.1. The highest BCUT2D eigenvalue weighted by molar-refractivity contribution is 7.50. The molecule has 2 aromatic heterocycles. The van der Waals surface area contributed by atoms with E-state index in [0.29, 0.717) is 5.52 Å². The number of hydrogen-bond acceptors (Lipinski definition) is 11. The van der Waals surface area contributed by atoms with Crippen molar-refractivity contribution in [3.05, 3.63) is 24.2 Å². The maximum atomic E-state index is 12.6. The first-order valence-corrected chi connectivity index (χ1v) is 13.1. The van der Waals surface area contributed by atoms with Gasteiger partial charge in [-0.2, -0.15) is 10.4 Å². The number of carbonyl (C=O) groups is 1. The average molecular weight is 524 g/mol. The highest BCUT2D eigenvalue weighted by atomic mass is 31.2. The van der Waals surface area contributed by atoms with Gasteiger partial charge in [0.15, 0.2) is 5.82 Å². The van der Waals surface area contributed by atoms with E-state index in [4.69, 9.17) is 19.7 Å². The number of aliphatic hydroxyl groups excluding tert-OH is 2. The summed E-state index contributed by atoms with van der Waals surface area (Å²) >= 11 is 0. The molecule has 3 heterocycles. The van der Waals surface area contributed by atoms with Crippen LogP contribution in [0, 0.1) is 11.3 Å². The number of aromatic nitrogens is 3. The van der Waals surface area contributed by atoms with Gasteiger partial charge in [-0.15, -0.1) is 0 Å². The fraction of sp³-hybridized carbons (Fsp3) is 0.619. The summed E-state index contributed by atoms with van der Waals surface area (Å²) in [6.45, 7) is 0.466. The Morgan fingerprint density at radius 1 is 1.42 bits per heavy atom. The van der Waals surface area contributed by atoms with Crippen molar-refractivity contribution in [3.8, 4) is 6.07 Å². The van der Waals surface area contributed by atoms with Crippen molar-refractivity contribution < 1.29 is 38.5 Å². The van der Waals surface area contributed by atoms with Gasteiger partial charge in [-0.3, -0.25) is 9.32 Å². The van der Waals surface area contributed by atoms with E-state index in [0.717, 1.165) is 32.1 Å². The van der Waals surface area contributed by atoms with Crippen LogP contribution in [0.5, 0.6) is 0 Å². The molecule has 2 aromatic rings. The second-order valence-electron chi connectivity index (χ2n) is 9.02. The molecule has 6 N–H and O–H groups in total. The van der Waals surface area contributed by atoms with Crippen LogP contribution in [0.25, 0.3) is 5.52 Å². The molecule has 196 valence electrons. The monoisotopic (exact) mass is 524 g/mol. The van der Waals surface area contributed by atoms with Crippen molar-refractivity contribution in [2.75, 3.05) is 12.3 Å². The lowest BCUT2D eigenvalue weighted by molar-refractivity contribution is -0.152. The molecule has 15 heteroatoms. The molecule has 4 rings (SSSR count). The highest BCUT2D eigenvalue weighted by Gasteiger charge is 2.57. The first kappa shape index (κ1) is 26.4. The first-order chi connectivity index (χ1) is 17.1. The van der Waals surface area contributed by atoms with Gasteiger partial charge in [0.25, 0.3) is 0 Å². The summed E-state index contributed by atoms with van der Waals surface area (Å²) in [6.07, 6.45) is 0.780. The number of nitrogens with one attached hydrogen (secondary N) is 1. The van der Waals surface area contributed by atoms with Gasteiger partial charge in [-0.05, 0) is 44.7 Å². The lowest BCUT2D eigenvalue weighted by Gasteiger charge is -2.27. The van der Waals surface area contributed by atoms with E-state index < -0.39 is 50.3 Å². The molecule has 1 unspecified atom stereocenters. The van der Waals surface area contributed by atoms with Gasteiger partial charge in [-0.1, -0.05) is 6.42 Å². The molecule has 36 heavy (non-hydrogen) atoms. The van der Waals surface area contributed by atoms with Crippen molar-refractivity contribution in [2.45, 2.75) is 75.1 Å². The Balaban J connectivity index is 1.42. The van der Waals surface area contributed by atoms with Gasteiger partial charge in [0, 0.05) is 0 Å². The summed E-state index contributed by atoms with van der Waals surface area (Å²) in [4.78, 5) is 26.5. The number of hydrogen-bond donors (Lipinski definition) is 5. The van der Waals surface area contributed by atoms with E-state index in [1.54, 1.807) is 12.1 Å². The van der Waals surface area contributed by atoms with Crippen molar-refractivity contribution in [3.63, 3.8) is 0 Å². The van der Waals surface area contributed by atoms with Crippen LogP contribution >= 0.6 is 7.75 Å².